The molecule has 29 heteroatoms. The Hall–Kier alpha value is -14.7. The van der Waals surface area contributed by atoms with E-state index in [0.29, 0.717) is 80.0 Å². The Bertz CT molecular complexity index is 6290. The topological polar surface area (TPSA) is 357 Å². The fourth-order valence-electron chi connectivity index (χ4n) is 13.5. The van der Waals surface area contributed by atoms with Gasteiger partial charge in [-0.3, -0.25) is 54.3 Å². The minimum atomic E-state index is -0.632. The van der Waals surface area contributed by atoms with Crippen molar-refractivity contribution in [3.05, 3.63) is 292 Å². The number of hydrogen-bond donors (Lipinski definition) is 2. The summed E-state index contributed by atoms with van der Waals surface area (Å²) in [5, 5.41) is 61.4. The molecule has 2 N–H and O–H groups in total. The maximum absolute atomic E-state index is 12.9. The van der Waals surface area contributed by atoms with E-state index in [0.717, 1.165) is 85.7 Å². The van der Waals surface area contributed by atoms with Crippen LogP contribution < -0.4 is 34.3 Å². The second-order valence-electron chi connectivity index (χ2n) is 26.6. The zero-order chi connectivity index (χ0) is 85.3. The van der Waals surface area contributed by atoms with Crippen LogP contribution in [0.15, 0.2) is 211 Å². The van der Waals surface area contributed by atoms with Crippen LogP contribution in [0.5, 0.6) is 28.7 Å². The van der Waals surface area contributed by atoms with E-state index in [4.69, 9.17) is 23.7 Å². The Morgan fingerprint density at radius 2 is 0.771 bits per heavy atom. The molecule has 0 aliphatic rings. The van der Waals surface area contributed by atoms with Crippen molar-refractivity contribution in [2.45, 2.75) is 81.2 Å². The Morgan fingerprint density at radius 3 is 1.19 bits per heavy atom. The summed E-state index contributed by atoms with van der Waals surface area (Å²) in [6, 6.07) is 56.4. The van der Waals surface area contributed by atoms with E-state index in [1.165, 1.54) is 54.6 Å². The molecule has 0 saturated heterocycles. The van der Waals surface area contributed by atoms with Crippen LogP contribution in [0, 0.1) is 58.9 Å². The van der Waals surface area contributed by atoms with Crippen molar-refractivity contribution in [1.82, 2.24) is 22.8 Å². The third kappa shape index (κ3) is 18.6. The molecule has 5 heterocycles. The number of nitrogens with one attached hydrogen (secondary N) is 2. The van der Waals surface area contributed by atoms with Gasteiger partial charge in [-0.25, -0.2) is 0 Å². The van der Waals surface area contributed by atoms with Crippen LogP contribution in [0.1, 0.15) is 123 Å². The van der Waals surface area contributed by atoms with E-state index in [1.807, 2.05) is 130 Å². The first-order chi connectivity index (χ1) is 56.7. The SMILES string of the molecule is CCn1c(NC(=O)c2ccc(Br)cc2)c(C#N)c2ccc([N+](=O)[O-])cc21.CCn1c(NC(=O)c2cccc([N+](=O)[O-])c2)c(C#N)c2ccc([N+](=O)[O-])cc21.CCn1cc(C(=O)C(C)C)c2ccc(OC)cc21.CCn1cc(C(=O)c2cccc(OC)c2)c2cc(OC)ccc21.CCn1cc(C(=O)c2cccc(OC)c2)c2ccc(OC)cc21. The Morgan fingerprint density at radius 1 is 0.398 bits per heavy atom. The zero-order valence-corrected chi connectivity index (χ0v) is 68.2. The van der Waals surface area contributed by atoms with Gasteiger partial charge in [-0.05, 0) is 144 Å². The number of nitriles is 2. The van der Waals surface area contributed by atoms with Crippen LogP contribution in [0.3, 0.4) is 0 Å². The van der Waals surface area contributed by atoms with Gasteiger partial charge in [0.25, 0.3) is 28.9 Å². The second-order valence-corrected chi connectivity index (χ2v) is 27.5. The standard InChI is InChI=1S/2C19H19NO3.C18H13BrN4O3.C18H13N5O5.C15H19NO2/c1-4-20-12-17(16-11-15(23-3)8-9-18(16)20)19(21)13-6-5-7-14(10-13)22-2;1-4-20-12-17(16-9-8-15(23-3)11-18(16)20)19(21)13-6-5-7-14(10-13)22-2;1-2-22-16-9-13(23(25)26)7-8-14(16)15(10-20)17(22)21-18(24)11-3-5-12(19)6-4-11;1-2-21-16-9-13(23(27)28)6-7-14(16)15(10-19)17(21)20-18(24)11-4-3-5-12(8-11)22(25)26;1-5-16-9-13(15(17)10(2)3)12-7-6-11(18-4)8-14(12)16/h2*5-12H,4H2,1-3H3;3-9H,2H2,1H3,(H,21,24);3-9H,2H2,1H3,(H,20,24);6-10H,5H2,1-4H3. The number of nitro benzene ring substituents is 3. The number of rotatable bonds is 23. The summed E-state index contributed by atoms with van der Waals surface area (Å²) >= 11 is 3.31. The predicted octanol–water partition coefficient (Wildman–Crippen LogP) is 19.4. The number of non-ortho nitro benzene ring substituents is 3. The molecule has 2 amide bonds. The summed E-state index contributed by atoms with van der Waals surface area (Å²) in [5.74, 6) is 3.39. The summed E-state index contributed by atoms with van der Waals surface area (Å²) in [6.45, 7) is 16.9. The lowest BCUT2D eigenvalue weighted by Gasteiger charge is -2.10. The number of nitro groups is 3. The monoisotopic (exact) mass is 1650 g/mol. The van der Waals surface area contributed by atoms with Gasteiger partial charge in [0.15, 0.2) is 17.3 Å². The molecule has 0 unspecified atom stereocenters. The first kappa shape index (κ1) is 85.7. The van der Waals surface area contributed by atoms with Crippen molar-refractivity contribution in [3.63, 3.8) is 0 Å². The van der Waals surface area contributed by atoms with Gasteiger partial charge in [-0.2, -0.15) is 10.5 Å². The number of fused-ring (bicyclic) bond motifs is 5. The number of carbonyl (C=O) groups is 5. The number of benzene rings is 9. The van der Waals surface area contributed by atoms with Crippen LogP contribution in [0.25, 0.3) is 54.5 Å². The summed E-state index contributed by atoms with van der Waals surface area (Å²) in [6.07, 6.45) is 5.77. The first-order valence-electron chi connectivity index (χ1n) is 37.2. The van der Waals surface area contributed by atoms with E-state index in [1.54, 1.807) is 94.1 Å². The van der Waals surface area contributed by atoms with Crippen molar-refractivity contribution in [2.75, 3.05) is 46.2 Å². The molecular weight excluding hydrogens is 1570 g/mol. The molecular formula is C89H83BrN12O16. The van der Waals surface area contributed by atoms with Crippen LogP contribution in [0.2, 0.25) is 0 Å². The van der Waals surface area contributed by atoms with E-state index in [9.17, 15) is 64.8 Å². The van der Waals surface area contributed by atoms with Crippen molar-refractivity contribution >= 4 is 128 Å². The van der Waals surface area contributed by atoms with Gasteiger partial charge < -0.3 is 57.2 Å². The zero-order valence-electron chi connectivity index (χ0n) is 66.6. The summed E-state index contributed by atoms with van der Waals surface area (Å²) in [5.41, 5.74) is 7.94. The van der Waals surface area contributed by atoms with Gasteiger partial charge in [0.2, 0.25) is 0 Å². The third-order valence-corrected chi connectivity index (χ3v) is 20.0. The van der Waals surface area contributed by atoms with E-state index in [-0.39, 0.29) is 68.7 Å². The highest BCUT2D eigenvalue weighted by Gasteiger charge is 2.26. The highest BCUT2D eigenvalue weighted by molar-refractivity contribution is 9.10. The average Bonchev–Trinajstić information content (AvgIpc) is 1.57. The molecule has 9 aromatic carbocycles. The molecule has 0 aliphatic carbocycles. The van der Waals surface area contributed by atoms with Crippen molar-refractivity contribution in [2.24, 2.45) is 5.92 Å². The number of nitrogens with zero attached hydrogens (tertiary/aromatic N) is 10. The van der Waals surface area contributed by atoms with Crippen LogP contribution in [-0.4, -0.2) is 102 Å². The molecule has 5 aromatic heterocycles. The number of anilines is 2. The number of methoxy groups -OCH3 is 5. The van der Waals surface area contributed by atoms with Crippen LogP contribution >= 0.6 is 15.9 Å². The summed E-state index contributed by atoms with van der Waals surface area (Å²) < 4.78 is 36.6. The Balaban J connectivity index is 0.000000156. The number of halogens is 1. The molecule has 28 nitrogen and oxygen atoms in total. The average molecular weight is 1660 g/mol. The molecule has 0 bridgehead atoms. The van der Waals surface area contributed by atoms with Gasteiger partial charge in [0, 0.05) is 182 Å². The van der Waals surface area contributed by atoms with E-state index < -0.39 is 20.7 Å². The van der Waals surface area contributed by atoms with Crippen molar-refractivity contribution in [3.8, 4) is 40.9 Å². The maximum atomic E-state index is 12.9. The normalized spacial score (nSPS) is 10.7. The fourth-order valence-corrected chi connectivity index (χ4v) is 13.7. The van der Waals surface area contributed by atoms with Crippen LogP contribution in [-0.2, 0) is 32.7 Å². The number of carbonyl (C=O) groups excluding carboxylic acids is 5. The molecule has 0 aliphatic heterocycles. The lowest BCUT2D eigenvalue weighted by atomic mass is 10.0. The smallest absolute Gasteiger partial charge is 0.271 e. The molecule has 118 heavy (non-hydrogen) atoms. The summed E-state index contributed by atoms with van der Waals surface area (Å²) in [4.78, 5) is 94.6. The van der Waals surface area contributed by atoms with Crippen molar-refractivity contribution < 1.29 is 62.4 Å². The fraction of sp³-hybridized carbons (Fsp3) is 0.202. The van der Waals surface area contributed by atoms with Gasteiger partial charge >= 0.3 is 0 Å². The molecule has 0 radical (unpaired) electrons. The molecule has 0 atom stereocenters. The van der Waals surface area contributed by atoms with E-state index in [2.05, 4.69) is 67.1 Å². The molecule has 0 fully saturated rings. The number of aromatic nitrogens is 5. The van der Waals surface area contributed by atoms with Gasteiger partial charge in [0.05, 0.1) is 72.4 Å². The number of aryl methyl sites for hydroxylation is 5. The molecule has 14 aromatic rings. The van der Waals surface area contributed by atoms with E-state index >= 15 is 0 Å². The molecule has 0 saturated carbocycles. The number of hydrogen-bond acceptors (Lipinski definition) is 18. The van der Waals surface area contributed by atoms with Gasteiger partial charge in [0.1, 0.15) is 63.6 Å². The molecule has 14 rings (SSSR count). The highest BCUT2D eigenvalue weighted by Crippen LogP contribution is 2.37. The minimum absolute atomic E-state index is 0.00809. The highest BCUT2D eigenvalue weighted by atomic mass is 79.9. The Kier molecular flexibility index (Phi) is 27.9. The summed E-state index contributed by atoms with van der Waals surface area (Å²) in [7, 11) is 8.11. The number of ether oxygens (including phenoxy) is 5. The predicted molar refractivity (Wildman–Crippen MR) is 456 cm³/mol. The second kappa shape index (κ2) is 38.4. The largest absolute Gasteiger partial charge is 0.497 e. The molecule has 602 valence electrons. The minimum Gasteiger partial charge on any atom is -0.497 e. The lowest BCUT2D eigenvalue weighted by Crippen LogP contribution is -2.16. The number of amides is 2. The number of ketones is 3. The lowest BCUT2D eigenvalue weighted by molar-refractivity contribution is -0.385. The Labute approximate surface area is 686 Å². The number of Topliss-reactive ketones (excluding diaryl/α,β-unsaturated/α-hetero) is 1. The maximum Gasteiger partial charge on any atom is 0.271 e. The van der Waals surface area contributed by atoms with Crippen molar-refractivity contribution in [1.29, 1.82) is 10.5 Å². The molecule has 0 spiro atoms. The first-order valence-corrected chi connectivity index (χ1v) is 38.0. The quantitative estimate of drug-likeness (QED) is 0.0341. The third-order valence-electron chi connectivity index (χ3n) is 19.5. The van der Waals surface area contributed by atoms with Gasteiger partial charge in [-0.15, -0.1) is 0 Å². The van der Waals surface area contributed by atoms with Gasteiger partial charge in [-0.1, -0.05) is 60.1 Å². The van der Waals surface area contributed by atoms with Crippen LogP contribution in [0.4, 0.5) is 28.7 Å².